The average Bonchev–Trinajstić information content (AvgIpc) is 2.15. The van der Waals surface area contributed by atoms with Crippen LogP contribution in [0.4, 0.5) is 0 Å². The molecule has 0 aliphatic carbocycles. The second-order valence-electron chi connectivity index (χ2n) is 5.77. The molecule has 1 fully saturated rings. The van der Waals surface area contributed by atoms with E-state index < -0.39 is 11.0 Å². The Balaban J connectivity index is 2.84. The SMILES string of the molecule is CC1COCCN1C(=O)C(C)(C)C(C)(C)N. The normalized spacial score (nSPS) is 23.4. The van der Waals surface area contributed by atoms with Crippen molar-refractivity contribution in [3.05, 3.63) is 0 Å². The van der Waals surface area contributed by atoms with E-state index in [1.807, 2.05) is 39.5 Å². The van der Waals surface area contributed by atoms with Crippen molar-refractivity contribution < 1.29 is 9.53 Å². The molecule has 0 saturated carbocycles. The van der Waals surface area contributed by atoms with Crippen LogP contribution in [0.3, 0.4) is 0 Å². The van der Waals surface area contributed by atoms with Crippen molar-refractivity contribution in [2.24, 2.45) is 11.1 Å². The lowest BCUT2D eigenvalue weighted by Crippen LogP contribution is -2.60. The second kappa shape index (κ2) is 4.34. The number of rotatable bonds is 2. The molecule has 1 aliphatic heterocycles. The smallest absolute Gasteiger partial charge is 0.230 e. The number of ether oxygens (including phenoxy) is 1. The van der Waals surface area contributed by atoms with Crippen molar-refractivity contribution >= 4 is 5.91 Å². The van der Waals surface area contributed by atoms with E-state index in [9.17, 15) is 4.79 Å². The van der Waals surface area contributed by atoms with Crippen molar-refractivity contribution in [3.63, 3.8) is 0 Å². The minimum atomic E-state index is -0.557. The van der Waals surface area contributed by atoms with Crippen LogP contribution in [0.15, 0.2) is 0 Å². The first kappa shape index (κ1) is 13.5. The summed E-state index contributed by atoms with van der Waals surface area (Å²) in [4.78, 5) is 14.4. The summed E-state index contributed by atoms with van der Waals surface area (Å²) in [5.74, 6) is 0.121. The zero-order chi connectivity index (χ0) is 12.6. The molecule has 1 atom stereocenters. The molecular formula is C12H24N2O2. The molecule has 16 heavy (non-hydrogen) atoms. The van der Waals surface area contributed by atoms with Gasteiger partial charge in [-0.05, 0) is 34.6 Å². The number of nitrogens with zero attached hydrogens (tertiary/aromatic N) is 1. The van der Waals surface area contributed by atoms with E-state index in [2.05, 4.69) is 0 Å². The van der Waals surface area contributed by atoms with Crippen LogP contribution in [-0.2, 0) is 9.53 Å². The van der Waals surface area contributed by atoms with Gasteiger partial charge in [0.2, 0.25) is 5.91 Å². The molecule has 4 nitrogen and oxygen atoms in total. The highest BCUT2D eigenvalue weighted by Gasteiger charge is 2.44. The van der Waals surface area contributed by atoms with E-state index in [0.717, 1.165) is 0 Å². The predicted octanol–water partition coefficient (Wildman–Crippen LogP) is 0.997. The quantitative estimate of drug-likeness (QED) is 0.767. The topological polar surface area (TPSA) is 55.6 Å². The number of carbonyl (C=O) groups excluding carboxylic acids is 1. The minimum Gasteiger partial charge on any atom is -0.377 e. The molecule has 1 aliphatic rings. The van der Waals surface area contributed by atoms with Gasteiger partial charge in [-0.3, -0.25) is 4.79 Å². The summed E-state index contributed by atoms with van der Waals surface area (Å²) in [6, 6.07) is 0.142. The lowest BCUT2D eigenvalue weighted by atomic mass is 9.74. The van der Waals surface area contributed by atoms with Crippen LogP contribution in [0.2, 0.25) is 0 Å². The molecule has 0 aromatic carbocycles. The summed E-state index contributed by atoms with van der Waals surface area (Å²) in [7, 11) is 0. The first-order valence-corrected chi connectivity index (χ1v) is 5.85. The summed E-state index contributed by atoms with van der Waals surface area (Å²) < 4.78 is 5.34. The molecular weight excluding hydrogens is 204 g/mol. The molecule has 94 valence electrons. The van der Waals surface area contributed by atoms with Gasteiger partial charge in [0.1, 0.15) is 0 Å². The summed E-state index contributed by atoms with van der Waals surface area (Å²) in [6.45, 7) is 11.5. The van der Waals surface area contributed by atoms with Crippen LogP contribution in [0.25, 0.3) is 0 Å². The monoisotopic (exact) mass is 228 g/mol. The van der Waals surface area contributed by atoms with E-state index in [4.69, 9.17) is 10.5 Å². The zero-order valence-corrected chi connectivity index (χ0v) is 11.0. The van der Waals surface area contributed by atoms with Gasteiger partial charge < -0.3 is 15.4 Å². The molecule has 0 bridgehead atoms. The van der Waals surface area contributed by atoms with Crippen molar-refractivity contribution in [2.75, 3.05) is 19.8 Å². The summed E-state index contributed by atoms with van der Waals surface area (Å²) >= 11 is 0. The van der Waals surface area contributed by atoms with Crippen LogP contribution in [-0.4, -0.2) is 42.1 Å². The van der Waals surface area contributed by atoms with E-state index in [1.165, 1.54) is 0 Å². The molecule has 0 radical (unpaired) electrons. The molecule has 1 amide bonds. The van der Waals surface area contributed by atoms with Crippen LogP contribution in [0.5, 0.6) is 0 Å². The lowest BCUT2D eigenvalue weighted by molar-refractivity contribution is -0.151. The van der Waals surface area contributed by atoms with Crippen LogP contribution in [0, 0.1) is 5.41 Å². The van der Waals surface area contributed by atoms with Crippen molar-refractivity contribution in [3.8, 4) is 0 Å². The number of carbonyl (C=O) groups is 1. The molecule has 1 rings (SSSR count). The third-order valence-corrected chi connectivity index (χ3v) is 3.77. The second-order valence-corrected chi connectivity index (χ2v) is 5.77. The maximum atomic E-state index is 12.5. The van der Waals surface area contributed by atoms with Crippen LogP contribution < -0.4 is 5.73 Å². The van der Waals surface area contributed by atoms with Gasteiger partial charge in [0, 0.05) is 12.1 Å². The number of hydrogen-bond donors (Lipinski definition) is 1. The van der Waals surface area contributed by atoms with Gasteiger partial charge in [0.05, 0.1) is 24.7 Å². The Morgan fingerprint density at radius 3 is 2.38 bits per heavy atom. The highest BCUT2D eigenvalue weighted by atomic mass is 16.5. The van der Waals surface area contributed by atoms with Gasteiger partial charge in [-0.2, -0.15) is 0 Å². The predicted molar refractivity (Wildman–Crippen MR) is 64.0 cm³/mol. The minimum absolute atomic E-state index is 0.121. The summed E-state index contributed by atoms with van der Waals surface area (Å²) in [5, 5.41) is 0. The largest absolute Gasteiger partial charge is 0.377 e. The third-order valence-electron chi connectivity index (χ3n) is 3.77. The Bertz CT molecular complexity index is 269. The van der Waals surface area contributed by atoms with E-state index >= 15 is 0 Å². The molecule has 1 unspecified atom stereocenters. The van der Waals surface area contributed by atoms with E-state index in [0.29, 0.717) is 19.8 Å². The summed E-state index contributed by atoms with van der Waals surface area (Å²) in [5.41, 5.74) is 5.00. The Morgan fingerprint density at radius 1 is 1.38 bits per heavy atom. The molecule has 0 aromatic heterocycles. The van der Waals surface area contributed by atoms with Gasteiger partial charge >= 0.3 is 0 Å². The molecule has 0 aromatic rings. The van der Waals surface area contributed by atoms with Gasteiger partial charge in [0.25, 0.3) is 0 Å². The standard InChI is InChI=1S/C12H24N2O2/c1-9-8-16-7-6-14(9)10(15)11(2,3)12(4,5)13/h9H,6-8,13H2,1-5H3. The molecule has 0 spiro atoms. The highest BCUT2D eigenvalue weighted by Crippen LogP contribution is 2.31. The maximum absolute atomic E-state index is 12.5. The number of amides is 1. The lowest BCUT2D eigenvalue weighted by Gasteiger charge is -2.44. The Kier molecular flexibility index (Phi) is 3.65. The van der Waals surface area contributed by atoms with Crippen molar-refractivity contribution in [1.29, 1.82) is 0 Å². The number of morpholine rings is 1. The van der Waals surface area contributed by atoms with Crippen molar-refractivity contribution in [1.82, 2.24) is 4.90 Å². The van der Waals surface area contributed by atoms with Gasteiger partial charge in [-0.15, -0.1) is 0 Å². The zero-order valence-electron chi connectivity index (χ0n) is 11.0. The summed E-state index contributed by atoms with van der Waals surface area (Å²) in [6.07, 6.45) is 0. The molecule has 2 N–H and O–H groups in total. The Morgan fingerprint density at radius 2 is 1.94 bits per heavy atom. The van der Waals surface area contributed by atoms with Crippen molar-refractivity contribution in [2.45, 2.75) is 46.2 Å². The average molecular weight is 228 g/mol. The fraction of sp³-hybridized carbons (Fsp3) is 0.917. The molecule has 1 heterocycles. The Labute approximate surface area is 98.1 Å². The maximum Gasteiger partial charge on any atom is 0.230 e. The third kappa shape index (κ3) is 2.38. The molecule has 1 saturated heterocycles. The van der Waals surface area contributed by atoms with Gasteiger partial charge in [-0.1, -0.05) is 0 Å². The van der Waals surface area contributed by atoms with Crippen LogP contribution >= 0.6 is 0 Å². The van der Waals surface area contributed by atoms with E-state index in [1.54, 1.807) is 0 Å². The molecule has 4 heteroatoms. The Hall–Kier alpha value is -0.610. The van der Waals surface area contributed by atoms with E-state index in [-0.39, 0.29) is 11.9 Å². The first-order valence-electron chi connectivity index (χ1n) is 5.85. The van der Waals surface area contributed by atoms with Gasteiger partial charge in [-0.25, -0.2) is 0 Å². The first-order chi connectivity index (χ1) is 7.18. The number of hydrogen-bond acceptors (Lipinski definition) is 3. The highest BCUT2D eigenvalue weighted by molar-refractivity contribution is 5.83. The fourth-order valence-corrected chi connectivity index (χ4v) is 1.66. The van der Waals surface area contributed by atoms with Crippen LogP contribution in [0.1, 0.15) is 34.6 Å². The fourth-order valence-electron chi connectivity index (χ4n) is 1.66. The number of nitrogens with two attached hydrogens (primary N) is 1. The van der Waals surface area contributed by atoms with Gasteiger partial charge in [0.15, 0.2) is 0 Å².